The highest BCUT2D eigenvalue weighted by molar-refractivity contribution is 5.82. The summed E-state index contributed by atoms with van der Waals surface area (Å²) in [6.45, 7) is 4.96. The van der Waals surface area contributed by atoms with Crippen LogP contribution in [-0.4, -0.2) is 33.9 Å². The fourth-order valence-electron chi connectivity index (χ4n) is 1.83. The first-order valence-electron chi connectivity index (χ1n) is 5.14. The molecule has 88 valence electrons. The summed E-state index contributed by atoms with van der Waals surface area (Å²) >= 11 is 0. The van der Waals surface area contributed by atoms with E-state index in [0.717, 1.165) is 6.42 Å². The van der Waals surface area contributed by atoms with Crippen LogP contribution in [0, 0.1) is 5.41 Å². The fraction of sp³-hybridized carbons (Fsp3) is 0.700. The number of aromatic carboxylic acids is 1. The third kappa shape index (κ3) is 2.38. The molecule has 0 aliphatic carbocycles. The van der Waals surface area contributed by atoms with Crippen molar-refractivity contribution in [2.24, 2.45) is 5.41 Å². The van der Waals surface area contributed by atoms with Gasteiger partial charge in [-0.25, -0.2) is 4.79 Å². The molecule has 1 aliphatic heterocycles. The molecule has 6 nitrogen and oxygen atoms in total. The molecule has 1 fully saturated rings. The van der Waals surface area contributed by atoms with E-state index in [9.17, 15) is 4.79 Å². The van der Waals surface area contributed by atoms with Crippen LogP contribution in [0.25, 0.3) is 0 Å². The van der Waals surface area contributed by atoms with Crippen LogP contribution in [0.4, 0.5) is 0 Å². The van der Waals surface area contributed by atoms with E-state index < -0.39 is 5.97 Å². The highest BCUT2D eigenvalue weighted by Crippen LogP contribution is 2.32. The lowest BCUT2D eigenvalue weighted by molar-refractivity contribution is 0.0680. The number of hydrogen-bond donors (Lipinski definition) is 1. The Morgan fingerprint density at radius 3 is 2.88 bits per heavy atom. The fourth-order valence-corrected chi connectivity index (χ4v) is 1.83. The lowest BCUT2D eigenvalue weighted by Gasteiger charge is -2.12. The average Bonchev–Trinajstić information content (AvgIpc) is 2.73. The minimum atomic E-state index is -1.18. The topological polar surface area (TPSA) is 85.5 Å². The van der Waals surface area contributed by atoms with Crippen molar-refractivity contribution >= 4 is 5.97 Å². The molecule has 6 heteroatoms. The predicted octanol–water partition coefficient (Wildman–Crippen LogP) is 1.13. The van der Waals surface area contributed by atoms with E-state index in [-0.39, 0.29) is 17.3 Å². The molecule has 0 spiro atoms. The van der Waals surface area contributed by atoms with E-state index in [4.69, 9.17) is 14.4 Å². The molecule has 0 amide bonds. The Hall–Kier alpha value is -1.43. The van der Waals surface area contributed by atoms with Crippen molar-refractivity contribution in [1.82, 2.24) is 10.1 Å². The van der Waals surface area contributed by atoms with Crippen LogP contribution in [0.5, 0.6) is 0 Å². The monoisotopic (exact) mass is 226 g/mol. The molecule has 0 aromatic carbocycles. The van der Waals surface area contributed by atoms with Crippen LogP contribution in [0.3, 0.4) is 0 Å². The van der Waals surface area contributed by atoms with Gasteiger partial charge in [0.2, 0.25) is 5.89 Å². The van der Waals surface area contributed by atoms with Crippen LogP contribution < -0.4 is 0 Å². The second-order valence-corrected chi connectivity index (χ2v) is 4.82. The van der Waals surface area contributed by atoms with Crippen molar-refractivity contribution in [3.8, 4) is 0 Å². The number of nitrogens with zero attached hydrogens (tertiary/aromatic N) is 2. The Bertz CT molecular complexity index is 399. The number of carboxylic acids is 1. The number of aromatic nitrogens is 2. The standard InChI is InChI=1S/C10H14N2O4/c1-10(2)4-6(15-5-10)3-7-11-8(9(13)14)12-16-7/h6H,3-5H2,1-2H3,(H,13,14). The summed E-state index contributed by atoms with van der Waals surface area (Å²) in [7, 11) is 0. The quantitative estimate of drug-likeness (QED) is 0.831. The second-order valence-electron chi connectivity index (χ2n) is 4.82. The molecule has 0 saturated carbocycles. The molecule has 1 saturated heterocycles. The third-order valence-corrected chi connectivity index (χ3v) is 2.55. The number of ether oxygens (including phenoxy) is 1. The largest absolute Gasteiger partial charge is 0.475 e. The minimum Gasteiger partial charge on any atom is -0.475 e. The molecule has 2 heterocycles. The van der Waals surface area contributed by atoms with Crippen molar-refractivity contribution in [3.05, 3.63) is 11.7 Å². The molecule has 1 aromatic heterocycles. The maximum Gasteiger partial charge on any atom is 0.377 e. The Morgan fingerprint density at radius 2 is 2.38 bits per heavy atom. The van der Waals surface area contributed by atoms with Crippen molar-refractivity contribution in [2.45, 2.75) is 32.8 Å². The molecule has 1 N–H and O–H groups in total. The molecular weight excluding hydrogens is 212 g/mol. The van der Waals surface area contributed by atoms with E-state index in [1.807, 2.05) is 0 Å². The molecule has 0 bridgehead atoms. The Kier molecular flexibility index (Phi) is 2.67. The van der Waals surface area contributed by atoms with Crippen LogP contribution in [0.15, 0.2) is 4.52 Å². The zero-order chi connectivity index (χ0) is 11.8. The molecular formula is C10H14N2O4. The molecule has 1 aliphatic rings. The van der Waals surface area contributed by atoms with Gasteiger partial charge in [-0.15, -0.1) is 0 Å². The third-order valence-electron chi connectivity index (χ3n) is 2.55. The Morgan fingerprint density at radius 1 is 1.62 bits per heavy atom. The van der Waals surface area contributed by atoms with Gasteiger partial charge in [0, 0.05) is 0 Å². The zero-order valence-electron chi connectivity index (χ0n) is 9.27. The smallest absolute Gasteiger partial charge is 0.377 e. The van der Waals surface area contributed by atoms with Gasteiger partial charge in [0.15, 0.2) is 0 Å². The molecule has 16 heavy (non-hydrogen) atoms. The number of carboxylic acid groups (broad SMARTS) is 1. The van der Waals surface area contributed by atoms with Crippen molar-refractivity contribution in [2.75, 3.05) is 6.61 Å². The molecule has 1 atom stereocenters. The Labute approximate surface area is 92.6 Å². The number of rotatable bonds is 3. The van der Waals surface area contributed by atoms with Gasteiger partial charge in [-0.3, -0.25) is 0 Å². The molecule has 1 aromatic rings. The van der Waals surface area contributed by atoms with Crippen molar-refractivity contribution in [3.63, 3.8) is 0 Å². The predicted molar refractivity (Wildman–Crippen MR) is 53.1 cm³/mol. The first kappa shape index (κ1) is 11.1. The Balaban J connectivity index is 1.97. The SMILES string of the molecule is CC1(C)COC(Cc2nc(C(=O)O)no2)C1. The van der Waals surface area contributed by atoms with E-state index in [1.54, 1.807) is 0 Å². The summed E-state index contributed by atoms with van der Waals surface area (Å²) in [5.41, 5.74) is 0.167. The van der Waals surface area contributed by atoms with Gasteiger partial charge in [0.1, 0.15) is 0 Å². The molecule has 0 radical (unpaired) electrons. The highest BCUT2D eigenvalue weighted by atomic mass is 16.5. The highest BCUT2D eigenvalue weighted by Gasteiger charge is 2.33. The van der Waals surface area contributed by atoms with Gasteiger partial charge in [0.25, 0.3) is 5.82 Å². The molecule has 2 rings (SSSR count). The van der Waals surface area contributed by atoms with Crippen LogP contribution in [-0.2, 0) is 11.2 Å². The zero-order valence-corrected chi connectivity index (χ0v) is 9.27. The summed E-state index contributed by atoms with van der Waals surface area (Å²) in [5, 5.41) is 12.0. The first-order chi connectivity index (χ1) is 7.46. The van der Waals surface area contributed by atoms with Crippen LogP contribution >= 0.6 is 0 Å². The summed E-state index contributed by atoms with van der Waals surface area (Å²) in [6, 6.07) is 0. The summed E-state index contributed by atoms with van der Waals surface area (Å²) < 4.78 is 10.4. The average molecular weight is 226 g/mol. The number of carbonyl (C=O) groups is 1. The van der Waals surface area contributed by atoms with Crippen molar-refractivity contribution < 1.29 is 19.2 Å². The number of hydrogen-bond acceptors (Lipinski definition) is 5. The van der Waals surface area contributed by atoms with Gasteiger partial charge >= 0.3 is 5.97 Å². The maximum absolute atomic E-state index is 10.5. The first-order valence-corrected chi connectivity index (χ1v) is 5.14. The summed E-state index contributed by atoms with van der Waals surface area (Å²) in [6.07, 6.45) is 1.43. The van der Waals surface area contributed by atoms with Crippen LogP contribution in [0.2, 0.25) is 0 Å². The lowest BCUT2D eigenvalue weighted by atomic mass is 9.90. The van der Waals surface area contributed by atoms with Gasteiger partial charge < -0.3 is 14.4 Å². The normalized spacial score (nSPS) is 23.5. The van der Waals surface area contributed by atoms with Gasteiger partial charge in [-0.2, -0.15) is 4.98 Å². The summed E-state index contributed by atoms with van der Waals surface area (Å²) in [4.78, 5) is 14.3. The maximum atomic E-state index is 10.5. The van der Waals surface area contributed by atoms with Gasteiger partial charge in [0.05, 0.1) is 19.1 Å². The second kappa shape index (κ2) is 3.86. The van der Waals surface area contributed by atoms with Crippen LogP contribution in [0.1, 0.15) is 36.8 Å². The van der Waals surface area contributed by atoms with E-state index in [2.05, 4.69) is 24.0 Å². The van der Waals surface area contributed by atoms with E-state index >= 15 is 0 Å². The van der Waals surface area contributed by atoms with Gasteiger partial charge in [-0.05, 0) is 17.0 Å². The van der Waals surface area contributed by atoms with E-state index in [0.29, 0.717) is 18.9 Å². The summed E-state index contributed by atoms with van der Waals surface area (Å²) in [5.74, 6) is -1.16. The minimum absolute atomic E-state index is 0.0390. The molecule has 1 unspecified atom stereocenters. The van der Waals surface area contributed by atoms with Crippen molar-refractivity contribution in [1.29, 1.82) is 0 Å². The van der Waals surface area contributed by atoms with Gasteiger partial charge in [-0.1, -0.05) is 13.8 Å². The lowest BCUT2D eigenvalue weighted by Crippen LogP contribution is -2.12. The van der Waals surface area contributed by atoms with E-state index in [1.165, 1.54) is 0 Å².